The van der Waals surface area contributed by atoms with E-state index in [1.807, 2.05) is 42.7 Å². The van der Waals surface area contributed by atoms with Crippen LogP contribution in [0.1, 0.15) is 19.4 Å². The van der Waals surface area contributed by atoms with E-state index in [4.69, 9.17) is 11.6 Å². The minimum atomic E-state index is 0.427. The molecule has 3 nitrogen and oxygen atoms in total. The van der Waals surface area contributed by atoms with Crippen LogP contribution in [0.3, 0.4) is 0 Å². The van der Waals surface area contributed by atoms with Crippen LogP contribution in [0.4, 0.5) is 0 Å². The third kappa shape index (κ3) is 2.94. The van der Waals surface area contributed by atoms with Gasteiger partial charge in [0.2, 0.25) is 0 Å². The van der Waals surface area contributed by atoms with Crippen LogP contribution < -0.4 is 5.32 Å². The Hall–Kier alpha value is -1.84. The molecule has 0 spiro atoms. The number of nitrogens with zero attached hydrogens (tertiary/aromatic N) is 2. The smallest absolute Gasteiger partial charge is 0.100 e. The molecule has 21 heavy (non-hydrogen) atoms. The maximum absolute atomic E-state index is 6.16. The molecule has 0 saturated heterocycles. The number of imidazole rings is 1. The molecule has 1 aromatic heterocycles. The van der Waals surface area contributed by atoms with Gasteiger partial charge in [0.1, 0.15) is 6.33 Å². The number of aromatic nitrogens is 2. The lowest BCUT2D eigenvalue weighted by molar-refractivity contribution is 0.588. The monoisotopic (exact) mass is 299 g/mol. The number of fused-ring (bicyclic) bond motifs is 1. The molecular formula is C17H18ClN3. The molecule has 0 bridgehead atoms. The Labute approximate surface area is 129 Å². The van der Waals surface area contributed by atoms with Crippen molar-refractivity contribution in [2.75, 3.05) is 0 Å². The average Bonchev–Trinajstić information content (AvgIpc) is 2.89. The highest BCUT2D eigenvalue weighted by Crippen LogP contribution is 2.24. The summed E-state index contributed by atoms with van der Waals surface area (Å²) in [4.78, 5) is 4.46. The molecule has 1 heterocycles. The second-order valence-corrected chi connectivity index (χ2v) is 5.85. The van der Waals surface area contributed by atoms with Gasteiger partial charge in [-0.05, 0) is 35.9 Å². The first-order valence-corrected chi connectivity index (χ1v) is 7.47. The van der Waals surface area contributed by atoms with E-state index in [-0.39, 0.29) is 0 Å². The largest absolute Gasteiger partial charge is 0.310 e. The normalized spacial score (nSPS) is 11.4. The van der Waals surface area contributed by atoms with Gasteiger partial charge < -0.3 is 5.32 Å². The van der Waals surface area contributed by atoms with E-state index in [0.29, 0.717) is 6.04 Å². The molecule has 0 saturated carbocycles. The predicted molar refractivity (Wildman–Crippen MR) is 88.1 cm³/mol. The molecule has 4 heteroatoms. The van der Waals surface area contributed by atoms with Crippen LogP contribution in [0.2, 0.25) is 5.02 Å². The zero-order chi connectivity index (χ0) is 14.8. The van der Waals surface area contributed by atoms with Crippen LogP contribution in [0, 0.1) is 0 Å². The fourth-order valence-electron chi connectivity index (χ4n) is 2.40. The number of rotatable bonds is 4. The van der Waals surface area contributed by atoms with Crippen LogP contribution in [0.5, 0.6) is 0 Å². The Balaban J connectivity index is 2.09. The fraction of sp³-hybridized carbons (Fsp3) is 0.235. The molecule has 0 aliphatic carbocycles. The van der Waals surface area contributed by atoms with E-state index >= 15 is 0 Å². The first kappa shape index (κ1) is 14.1. The lowest BCUT2D eigenvalue weighted by Gasteiger charge is -2.14. The molecule has 2 aromatic carbocycles. The Morgan fingerprint density at radius 3 is 2.81 bits per heavy atom. The molecule has 0 aliphatic rings. The summed E-state index contributed by atoms with van der Waals surface area (Å²) in [5.41, 5.74) is 4.38. The lowest BCUT2D eigenvalue weighted by atomic mass is 10.1. The molecule has 0 fully saturated rings. The number of benzene rings is 2. The Morgan fingerprint density at radius 2 is 2.00 bits per heavy atom. The molecule has 0 amide bonds. The van der Waals surface area contributed by atoms with Gasteiger partial charge in [-0.3, -0.25) is 4.57 Å². The van der Waals surface area contributed by atoms with Crippen LogP contribution >= 0.6 is 11.6 Å². The number of hydrogen-bond donors (Lipinski definition) is 1. The highest BCUT2D eigenvalue weighted by atomic mass is 35.5. The summed E-state index contributed by atoms with van der Waals surface area (Å²) in [5, 5.41) is 4.20. The van der Waals surface area contributed by atoms with Crippen molar-refractivity contribution in [1.29, 1.82) is 0 Å². The van der Waals surface area contributed by atoms with Gasteiger partial charge in [0.05, 0.1) is 16.7 Å². The summed E-state index contributed by atoms with van der Waals surface area (Å²) >= 11 is 6.16. The lowest BCUT2D eigenvalue weighted by Crippen LogP contribution is -2.22. The third-order valence-electron chi connectivity index (χ3n) is 3.46. The van der Waals surface area contributed by atoms with Gasteiger partial charge in [-0.25, -0.2) is 4.98 Å². The van der Waals surface area contributed by atoms with Crippen molar-refractivity contribution < 1.29 is 0 Å². The molecule has 1 N–H and O–H groups in total. The minimum Gasteiger partial charge on any atom is -0.310 e. The second kappa shape index (κ2) is 5.88. The van der Waals surface area contributed by atoms with Crippen molar-refractivity contribution in [2.45, 2.75) is 26.4 Å². The summed E-state index contributed by atoms with van der Waals surface area (Å²) < 4.78 is 2.11. The van der Waals surface area contributed by atoms with Crippen molar-refractivity contribution >= 4 is 22.6 Å². The first-order chi connectivity index (χ1) is 10.1. The highest BCUT2D eigenvalue weighted by Gasteiger charge is 2.09. The maximum Gasteiger partial charge on any atom is 0.100 e. The molecule has 0 atom stereocenters. The number of halogens is 1. The quantitative estimate of drug-likeness (QED) is 0.783. The topological polar surface area (TPSA) is 29.9 Å². The van der Waals surface area contributed by atoms with Gasteiger partial charge in [0.15, 0.2) is 0 Å². The van der Waals surface area contributed by atoms with E-state index < -0.39 is 0 Å². The van der Waals surface area contributed by atoms with Crippen molar-refractivity contribution in [3.8, 4) is 5.69 Å². The van der Waals surface area contributed by atoms with Gasteiger partial charge in [0, 0.05) is 17.6 Å². The molecular weight excluding hydrogens is 282 g/mol. The fourth-order valence-corrected chi connectivity index (χ4v) is 2.59. The zero-order valence-electron chi connectivity index (χ0n) is 12.2. The van der Waals surface area contributed by atoms with E-state index in [0.717, 1.165) is 28.3 Å². The van der Waals surface area contributed by atoms with Gasteiger partial charge in [-0.1, -0.05) is 37.6 Å². The van der Waals surface area contributed by atoms with E-state index in [2.05, 4.69) is 34.8 Å². The summed E-state index contributed by atoms with van der Waals surface area (Å²) in [6.45, 7) is 5.05. The Morgan fingerprint density at radius 1 is 1.19 bits per heavy atom. The van der Waals surface area contributed by atoms with Crippen LogP contribution in [0.15, 0.2) is 48.8 Å². The first-order valence-electron chi connectivity index (χ1n) is 7.09. The Bertz CT molecular complexity index is 762. The standard InChI is InChI=1S/C17H18ClN3/c1-12(2)19-10-13-9-14(18)7-8-16(13)21-11-20-15-5-3-4-6-17(15)21/h3-9,11-12,19H,10H2,1-2H3. The van der Waals surface area contributed by atoms with Crippen LogP contribution in [-0.2, 0) is 6.54 Å². The summed E-state index contributed by atoms with van der Waals surface area (Å²) in [7, 11) is 0. The van der Waals surface area contributed by atoms with Crippen LogP contribution in [-0.4, -0.2) is 15.6 Å². The summed E-state index contributed by atoms with van der Waals surface area (Å²) in [6.07, 6.45) is 1.87. The molecule has 0 aliphatic heterocycles. The van der Waals surface area contributed by atoms with Crippen LogP contribution in [0.25, 0.3) is 16.7 Å². The SMILES string of the molecule is CC(C)NCc1cc(Cl)ccc1-n1cnc2ccccc21. The highest BCUT2D eigenvalue weighted by molar-refractivity contribution is 6.30. The summed E-state index contributed by atoms with van der Waals surface area (Å²) in [6, 6.07) is 14.5. The van der Waals surface area contributed by atoms with Gasteiger partial charge >= 0.3 is 0 Å². The molecule has 3 aromatic rings. The summed E-state index contributed by atoms with van der Waals surface area (Å²) in [5.74, 6) is 0. The molecule has 0 radical (unpaired) electrons. The Kier molecular flexibility index (Phi) is 3.95. The molecule has 0 unspecified atom stereocenters. The predicted octanol–water partition coefficient (Wildman–Crippen LogP) is 4.18. The maximum atomic E-state index is 6.16. The van der Waals surface area contributed by atoms with Crippen molar-refractivity contribution in [3.63, 3.8) is 0 Å². The third-order valence-corrected chi connectivity index (χ3v) is 3.69. The van der Waals surface area contributed by atoms with Crippen molar-refractivity contribution in [2.24, 2.45) is 0 Å². The number of nitrogens with one attached hydrogen (secondary N) is 1. The minimum absolute atomic E-state index is 0.427. The number of hydrogen-bond acceptors (Lipinski definition) is 2. The zero-order valence-corrected chi connectivity index (χ0v) is 12.9. The van der Waals surface area contributed by atoms with E-state index in [1.54, 1.807) is 0 Å². The van der Waals surface area contributed by atoms with Gasteiger partial charge in [0.25, 0.3) is 0 Å². The van der Waals surface area contributed by atoms with E-state index in [1.165, 1.54) is 5.56 Å². The average molecular weight is 300 g/mol. The van der Waals surface area contributed by atoms with E-state index in [9.17, 15) is 0 Å². The van der Waals surface area contributed by atoms with Gasteiger partial charge in [-0.15, -0.1) is 0 Å². The van der Waals surface area contributed by atoms with Crippen molar-refractivity contribution in [3.05, 3.63) is 59.4 Å². The second-order valence-electron chi connectivity index (χ2n) is 5.41. The number of para-hydroxylation sites is 2. The molecule has 108 valence electrons. The molecule has 3 rings (SSSR count). The van der Waals surface area contributed by atoms with Crippen molar-refractivity contribution in [1.82, 2.24) is 14.9 Å². The van der Waals surface area contributed by atoms with Gasteiger partial charge in [-0.2, -0.15) is 0 Å².